The molecule has 0 saturated carbocycles. The highest BCUT2D eigenvalue weighted by Gasteiger charge is 2.39. The molecule has 0 fully saturated rings. The molecule has 0 aliphatic carbocycles. The lowest BCUT2D eigenvalue weighted by molar-refractivity contribution is -0.137. The zero-order chi connectivity index (χ0) is 56.2. The van der Waals surface area contributed by atoms with Crippen molar-refractivity contribution in [3.8, 4) is 17.2 Å². The van der Waals surface area contributed by atoms with E-state index in [1.807, 2.05) is 97.8 Å². The maximum Gasteiger partial charge on any atom is 0.261 e. The van der Waals surface area contributed by atoms with Crippen LogP contribution in [0.15, 0.2) is 120 Å². The number of para-hydroxylation sites is 2. The maximum absolute atomic E-state index is 14.1. The summed E-state index contributed by atoms with van der Waals surface area (Å²) in [6, 6.07) is 28.4. The number of ether oxygens (including phenoxy) is 3. The summed E-state index contributed by atoms with van der Waals surface area (Å²) in [6.45, 7) is 10.2. The van der Waals surface area contributed by atoms with Crippen LogP contribution in [0.2, 0.25) is 0 Å². The number of nitrogens with one attached hydrogen (secondary N) is 2. The largest absolute Gasteiger partial charge is 0.493 e. The summed E-state index contributed by atoms with van der Waals surface area (Å²) in [7, 11) is 1.52. The standard InChI is InChI=1S/C64H66N6O10/c1-38(41(4)66-59(72)19-11-8-15-50(71)16-12-24-68-60(73)22-23-61(68)74)25-40(3)62(75)67-47-28-42(36-79-56-32-44-20-21-48-30-45-13-6-9-17-54(45)69(48)63(76)51(44)26-39(56)2)27-43(29-47)37-80-58-34-53-52(33-57(58)78-5)64(77)70-49(35-65-53)31-46-14-7-10-18-55(46)70/h6-7,9-10,13-14,17-18,22-23,26-29,32-35,40-41,48-49H,1,8,11-12,15-16,19-21,24-25,30-31,36-37H2,2-5H3,(H,66,72)(H,67,75)/t40-,41+,48-,49+/m1/s1. The predicted octanol–water partition coefficient (Wildman–Crippen LogP) is 9.83. The van der Waals surface area contributed by atoms with Gasteiger partial charge in [-0.1, -0.05) is 55.5 Å². The van der Waals surface area contributed by atoms with Gasteiger partial charge in [0.15, 0.2) is 11.5 Å². The van der Waals surface area contributed by atoms with Gasteiger partial charge in [-0.3, -0.25) is 48.4 Å². The monoisotopic (exact) mass is 1080 g/mol. The van der Waals surface area contributed by atoms with Crippen LogP contribution in [0.3, 0.4) is 0 Å². The highest BCUT2D eigenvalue weighted by atomic mass is 16.5. The predicted molar refractivity (Wildman–Crippen MR) is 305 cm³/mol. The number of Topliss-reactive ketones (excluding diaryl/α,β-unsaturated/α-hetero) is 1. The second-order valence-electron chi connectivity index (χ2n) is 21.5. The molecule has 5 aliphatic rings. The van der Waals surface area contributed by atoms with E-state index in [4.69, 9.17) is 19.2 Å². The molecule has 0 unspecified atom stereocenters. The molecule has 5 aliphatic heterocycles. The van der Waals surface area contributed by atoms with Crippen LogP contribution in [0, 0.1) is 12.8 Å². The Balaban J connectivity index is 0.795. The SMILES string of the molecule is C=C(C[C@@H](C)C(=O)Nc1cc(COc2cc3c(cc2C)C(=O)N2c4ccccc4C[C@H]2CC3)cc(COc2cc3c(cc2OC)C(=O)N2c4ccccc4C[C@H]2C=N3)c1)[C@H](C)NC(=O)CCCCC(=O)CCCN1C(=O)C=CC1=O. The molecular formula is C64H66N6O10. The molecule has 2 N–H and O–H groups in total. The molecule has 0 radical (unpaired) electrons. The van der Waals surface area contributed by atoms with Crippen LogP contribution in [0.1, 0.15) is 119 Å². The number of nitrogens with zero attached hydrogens (tertiary/aromatic N) is 4. The Morgan fingerprint density at radius 1 is 0.725 bits per heavy atom. The van der Waals surface area contributed by atoms with Crippen LogP contribution in [0.4, 0.5) is 22.7 Å². The minimum absolute atomic E-state index is 0.00160. The Kier molecular flexibility index (Phi) is 16.2. The highest BCUT2D eigenvalue weighted by Crippen LogP contribution is 2.42. The summed E-state index contributed by atoms with van der Waals surface area (Å²) in [5.74, 6) is -0.474. The van der Waals surface area contributed by atoms with Gasteiger partial charge in [0.05, 0.1) is 24.4 Å². The van der Waals surface area contributed by atoms with E-state index >= 15 is 0 Å². The number of rotatable bonds is 22. The number of hydrogen-bond acceptors (Lipinski definition) is 11. The summed E-state index contributed by atoms with van der Waals surface area (Å²) < 4.78 is 18.9. The average molecular weight is 1080 g/mol. The smallest absolute Gasteiger partial charge is 0.261 e. The molecule has 5 aromatic carbocycles. The first-order valence-electron chi connectivity index (χ1n) is 27.6. The van der Waals surface area contributed by atoms with Gasteiger partial charge in [-0.05, 0) is 141 Å². The minimum atomic E-state index is -0.531. The van der Waals surface area contributed by atoms with Gasteiger partial charge < -0.3 is 29.7 Å². The van der Waals surface area contributed by atoms with E-state index in [1.165, 1.54) is 24.8 Å². The number of fused-ring (bicyclic) bond motifs is 8. The average Bonchev–Trinajstić information content (AvgIpc) is 4.20. The van der Waals surface area contributed by atoms with Crippen molar-refractivity contribution in [3.05, 3.63) is 160 Å². The van der Waals surface area contributed by atoms with Crippen LogP contribution in [0.25, 0.3) is 0 Å². The fourth-order valence-electron chi connectivity index (χ4n) is 11.4. The van der Waals surface area contributed by atoms with Gasteiger partial charge in [-0.15, -0.1) is 0 Å². The van der Waals surface area contributed by atoms with Crippen molar-refractivity contribution >= 4 is 70.2 Å². The zero-order valence-corrected chi connectivity index (χ0v) is 45.7. The van der Waals surface area contributed by atoms with Gasteiger partial charge in [-0.25, -0.2) is 0 Å². The summed E-state index contributed by atoms with van der Waals surface area (Å²) in [6.07, 6.45) is 9.81. The number of imide groups is 1. The summed E-state index contributed by atoms with van der Waals surface area (Å²) >= 11 is 0. The lowest BCUT2D eigenvalue weighted by Gasteiger charge is -2.23. The molecule has 4 atom stereocenters. The Hall–Kier alpha value is -8.66. The molecule has 0 spiro atoms. The van der Waals surface area contributed by atoms with E-state index < -0.39 is 12.0 Å². The van der Waals surface area contributed by atoms with Crippen LogP contribution >= 0.6 is 0 Å². The van der Waals surface area contributed by atoms with Gasteiger partial charge in [0.2, 0.25) is 11.8 Å². The molecule has 5 aromatic rings. The van der Waals surface area contributed by atoms with Crippen molar-refractivity contribution in [1.82, 2.24) is 10.2 Å². The van der Waals surface area contributed by atoms with E-state index in [1.54, 1.807) is 24.0 Å². The molecule has 5 heterocycles. The van der Waals surface area contributed by atoms with Gasteiger partial charge in [-0.2, -0.15) is 0 Å². The molecule has 0 aromatic heterocycles. The third-order valence-corrected chi connectivity index (χ3v) is 15.8. The second-order valence-corrected chi connectivity index (χ2v) is 21.5. The summed E-state index contributed by atoms with van der Waals surface area (Å²) in [5, 5.41) is 6.08. The second kappa shape index (κ2) is 23.7. The molecule has 0 bridgehead atoms. The number of carbonyl (C=O) groups is 7. The van der Waals surface area contributed by atoms with Gasteiger partial charge in [0.1, 0.15) is 24.7 Å². The molecule has 6 amide bonds. The van der Waals surface area contributed by atoms with E-state index in [0.29, 0.717) is 89.4 Å². The van der Waals surface area contributed by atoms with E-state index in [0.717, 1.165) is 57.8 Å². The number of methoxy groups -OCH3 is 1. The van der Waals surface area contributed by atoms with Gasteiger partial charge >= 0.3 is 0 Å². The molecular weight excluding hydrogens is 1010 g/mol. The third-order valence-electron chi connectivity index (χ3n) is 15.8. The summed E-state index contributed by atoms with van der Waals surface area (Å²) in [5.41, 5.74) is 10.1. The van der Waals surface area contributed by atoms with E-state index in [9.17, 15) is 33.6 Å². The molecule has 80 heavy (non-hydrogen) atoms. The number of carbonyl (C=O) groups excluding carboxylic acids is 7. The number of aliphatic imine (C=N–C) groups is 1. The van der Waals surface area contributed by atoms with E-state index in [2.05, 4.69) is 23.3 Å². The highest BCUT2D eigenvalue weighted by molar-refractivity contribution is 6.15. The number of amides is 6. The quantitative estimate of drug-likeness (QED) is 0.0383. The molecule has 412 valence electrons. The number of ketones is 1. The number of aryl methyl sites for hydroxylation is 2. The van der Waals surface area contributed by atoms with Crippen LogP contribution in [-0.4, -0.2) is 84.1 Å². The lowest BCUT2D eigenvalue weighted by atomic mass is 9.96. The van der Waals surface area contributed by atoms with Crippen LogP contribution in [-0.2, 0) is 56.4 Å². The first-order chi connectivity index (χ1) is 38.6. The Morgan fingerprint density at radius 2 is 1.38 bits per heavy atom. The van der Waals surface area contributed by atoms with Crippen molar-refractivity contribution < 1.29 is 47.8 Å². The van der Waals surface area contributed by atoms with Crippen molar-refractivity contribution in [2.24, 2.45) is 10.9 Å². The van der Waals surface area contributed by atoms with Crippen molar-refractivity contribution in [2.75, 3.05) is 28.8 Å². The van der Waals surface area contributed by atoms with Gasteiger partial charge in [0.25, 0.3) is 23.6 Å². The zero-order valence-electron chi connectivity index (χ0n) is 45.7. The fraction of sp³-hybridized carbons (Fsp3) is 0.344. The maximum atomic E-state index is 14.1. The first kappa shape index (κ1) is 54.7. The van der Waals surface area contributed by atoms with Gasteiger partial charge in [0, 0.05) is 97.3 Å². The lowest BCUT2D eigenvalue weighted by Crippen LogP contribution is -2.37. The molecule has 16 nitrogen and oxygen atoms in total. The molecule has 16 heteroatoms. The van der Waals surface area contributed by atoms with Crippen LogP contribution < -0.4 is 34.6 Å². The third kappa shape index (κ3) is 11.8. The molecule has 10 rings (SSSR count). The van der Waals surface area contributed by atoms with E-state index in [-0.39, 0.29) is 85.9 Å². The van der Waals surface area contributed by atoms with Crippen molar-refractivity contribution in [2.45, 2.75) is 123 Å². The first-order valence-corrected chi connectivity index (χ1v) is 27.6. The Morgan fingerprint density at radius 3 is 2.10 bits per heavy atom. The topological polar surface area (TPSA) is 193 Å². The fourth-order valence-corrected chi connectivity index (χ4v) is 11.4. The number of benzene rings is 5. The van der Waals surface area contributed by atoms with Crippen molar-refractivity contribution in [1.29, 1.82) is 0 Å². The Labute approximate surface area is 465 Å². The van der Waals surface area contributed by atoms with Crippen molar-refractivity contribution in [3.63, 3.8) is 0 Å². The summed E-state index contributed by atoms with van der Waals surface area (Å²) in [4.78, 5) is 101. The number of hydrogen-bond donors (Lipinski definition) is 2. The minimum Gasteiger partial charge on any atom is -0.493 e. The number of unbranched alkanes of at least 4 members (excludes halogenated alkanes) is 1. The normalized spacial score (nSPS) is 17.3. The molecule has 0 saturated heterocycles. The number of anilines is 3. The van der Waals surface area contributed by atoms with Crippen LogP contribution in [0.5, 0.6) is 17.2 Å². The Bertz CT molecular complexity index is 3380.